The molecule has 2 saturated carbocycles. The summed E-state index contributed by atoms with van der Waals surface area (Å²) in [6, 6.07) is 37.8. The number of fused-ring (bicyclic) bond motifs is 2. The third-order valence-electron chi connectivity index (χ3n) is 13.1. The Labute approximate surface area is 311 Å². The second-order valence-electron chi connectivity index (χ2n) is 16.4. The van der Waals surface area contributed by atoms with Gasteiger partial charge in [-0.3, -0.25) is 0 Å². The van der Waals surface area contributed by atoms with Crippen molar-refractivity contribution in [1.82, 2.24) is 0 Å². The number of hydrogen-bond donors (Lipinski definition) is 2. The fourth-order valence-corrected chi connectivity index (χ4v) is 10.1. The van der Waals surface area contributed by atoms with Crippen LogP contribution in [0, 0.1) is 11.8 Å². The van der Waals surface area contributed by atoms with Crippen LogP contribution in [-0.2, 0) is 0 Å². The van der Waals surface area contributed by atoms with E-state index in [0.29, 0.717) is 11.8 Å². The highest BCUT2D eigenvalue weighted by molar-refractivity contribution is 5.91. The molecule has 8 rings (SSSR count). The second kappa shape index (κ2) is 15.2. The highest BCUT2D eigenvalue weighted by Crippen LogP contribution is 2.45. The van der Waals surface area contributed by atoms with Gasteiger partial charge in [-0.25, -0.2) is 0 Å². The summed E-state index contributed by atoms with van der Waals surface area (Å²) >= 11 is 0. The fourth-order valence-electron chi connectivity index (χ4n) is 10.1. The highest BCUT2D eigenvalue weighted by Gasteiger charge is 2.39. The Morgan fingerprint density at radius 3 is 1.62 bits per heavy atom. The van der Waals surface area contributed by atoms with E-state index in [9.17, 15) is 10.2 Å². The van der Waals surface area contributed by atoms with Crippen LogP contribution in [0.4, 0.5) is 0 Å². The van der Waals surface area contributed by atoms with E-state index in [1.54, 1.807) is 6.08 Å². The summed E-state index contributed by atoms with van der Waals surface area (Å²) in [5, 5.41) is 25.4. The molecule has 1 atom stereocenters. The van der Waals surface area contributed by atoms with E-state index in [0.717, 1.165) is 50.4 Å². The Bertz CT molecular complexity index is 2000. The number of aliphatic hydroxyl groups is 2. The van der Waals surface area contributed by atoms with E-state index >= 15 is 0 Å². The lowest BCUT2D eigenvalue weighted by Crippen LogP contribution is -2.36. The zero-order valence-electron chi connectivity index (χ0n) is 31.2. The zero-order chi connectivity index (χ0) is 35.7. The lowest BCUT2D eigenvalue weighted by Gasteiger charge is -2.35. The van der Waals surface area contributed by atoms with Gasteiger partial charge in [0, 0.05) is 0 Å². The Hall–Kier alpha value is -3.98. The van der Waals surface area contributed by atoms with Crippen molar-refractivity contribution in [2.75, 3.05) is 0 Å². The minimum absolute atomic E-state index is 0.630. The van der Waals surface area contributed by atoms with E-state index in [-0.39, 0.29) is 0 Å². The maximum Gasteiger partial charge on any atom is 0.194 e. The molecule has 0 heterocycles. The van der Waals surface area contributed by atoms with Crippen LogP contribution in [-0.4, -0.2) is 16.0 Å². The van der Waals surface area contributed by atoms with Crippen molar-refractivity contribution in [3.63, 3.8) is 0 Å². The maximum atomic E-state index is 11.6. The Balaban J connectivity index is 1.08. The van der Waals surface area contributed by atoms with Gasteiger partial charge in [0.2, 0.25) is 0 Å². The Morgan fingerprint density at radius 2 is 1.06 bits per heavy atom. The molecule has 0 radical (unpaired) electrons. The lowest BCUT2D eigenvalue weighted by molar-refractivity contribution is -0.129. The average Bonchev–Trinajstić information content (AvgIpc) is 3.18. The van der Waals surface area contributed by atoms with Crippen LogP contribution in [0.3, 0.4) is 0 Å². The summed E-state index contributed by atoms with van der Waals surface area (Å²) < 4.78 is 0. The molecule has 2 nitrogen and oxygen atoms in total. The molecular weight excluding hydrogens is 633 g/mol. The molecule has 2 N–H and O–H groups in total. The van der Waals surface area contributed by atoms with Crippen LogP contribution in [0.1, 0.15) is 136 Å². The normalized spacial score (nSPS) is 24.1. The molecule has 0 amide bonds. The predicted octanol–water partition coefficient (Wildman–Crippen LogP) is 13.2. The van der Waals surface area contributed by atoms with E-state index < -0.39 is 11.7 Å². The molecule has 2 heteroatoms. The van der Waals surface area contributed by atoms with E-state index in [2.05, 4.69) is 111 Å². The maximum absolute atomic E-state index is 11.6. The van der Waals surface area contributed by atoms with Crippen molar-refractivity contribution in [2.24, 2.45) is 11.8 Å². The molecule has 0 aliphatic heterocycles. The van der Waals surface area contributed by atoms with Crippen LogP contribution in [0.25, 0.3) is 39.1 Å². The quantitative estimate of drug-likeness (QED) is 0.151. The molecule has 1 unspecified atom stereocenters. The molecule has 0 spiro atoms. The summed E-state index contributed by atoms with van der Waals surface area (Å²) in [5.74, 6) is 0.508. The van der Waals surface area contributed by atoms with Crippen molar-refractivity contribution in [2.45, 2.75) is 114 Å². The molecule has 0 bridgehead atoms. The molecule has 268 valence electrons. The minimum Gasteiger partial charge on any atom is -0.362 e. The molecular formula is C50H56O2. The van der Waals surface area contributed by atoms with Gasteiger partial charge in [0.05, 0.1) is 5.92 Å². The van der Waals surface area contributed by atoms with Gasteiger partial charge in [0.25, 0.3) is 0 Å². The summed E-state index contributed by atoms with van der Waals surface area (Å²) in [6.07, 6.45) is 19.4. The fraction of sp³-hybridized carbons (Fsp3) is 0.400. The topological polar surface area (TPSA) is 40.5 Å². The molecule has 2 fully saturated rings. The largest absolute Gasteiger partial charge is 0.362 e. The Kier molecular flexibility index (Phi) is 10.2. The third kappa shape index (κ3) is 7.17. The number of rotatable bonds is 9. The summed E-state index contributed by atoms with van der Waals surface area (Å²) in [6.45, 7) is 4.62. The zero-order valence-corrected chi connectivity index (χ0v) is 31.2. The first kappa shape index (κ1) is 35.1. The first-order valence-corrected chi connectivity index (χ1v) is 20.4. The number of benzene rings is 5. The minimum atomic E-state index is -2.02. The summed E-state index contributed by atoms with van der Waals surface area (Å²) in [7, 11) is 0. The van der Waals surface area contributed by atoms with Crippen LogP contribution in [0.2, 0.25) is 0 Å². The first-order valence-electron chi connectivity index (χ1n) is 20.4. The predicted molar refractivity (Wildman–Crippen MR) is 219 cm³/mol. The van der Waals surface area contributed by atoms with Crippen molar-refractivity contribution in [3.05, 3.63) is 137 Å². The lowest BCUT2D eigenvalue weighted by atomic mass is 9.75. The van der Waals surface area contributed by atoms with Gasteiger partial charge in [-0.1, -0.05) is 137 Å². The van der Waals surface area contributed by atoms with E-state index in [1.165, 1.54) is 99.3 Å². The monoisotopic (exact) mass is 688 g/mol. The van der Waals surface area contributed by atoms with Crippen LogP contribution >= 0.6 is 0 Å². The van der Waals surface area contributed by atoms with Crippen LogP contribution < -0.4 is 0 Å². The number of hydrogen-bond acceptors (Lipinski definition) is 2. The van der Waals surface area contributed by atoms with Gasteiger partial charge < -0.3 is 10.2 Å². The summed E-state index contributed by atoms with van der Waals surface area (Å²) in [5.41, 5.74) is 10.4. The standard InChI is InChI=1S/C50H56O2/c1-3-6-34-10-14-36(15-11-34)38-18-22-40(23-19-38)44-28-26-42-8-5-9-46(47(42)32-44)49-48-33-45(29-27-43(48)30-31-50(49,51)52)41-24-20-39(21-25-41)37-16-12-35(7-4-2)13-17-37/h5,8-9,18-37,49,51-52H,3-4,6-7,10-17H2,1-2H3. The molecule has 3 aliphatic rings. The van der Waals surface area contributed by atoms with E-state index in [4.69, 9.17) is 0 Å². The molecule has 0 saturated heterocycles. The van der Waals surface area contributed by atoms with Gasteiger partial charge in [-0.2, -0.15) is 0 Å². The second-order valence-corrected chi connectivity index (χ2v) is 16.4. The van der Waals surface area contributed by atoms with Crippen molar-refractivity contribution in [3.8, 4) is 22.3 Å². The van der Waals surface area contributed by atoms with Gasteiger partial charge >= 0.3 is 0 Å². The molecule has 5 aromatic carbocycles. The first-order chi connectivity index (χ1) is 25.4. The van der Waals surface area contributed by atoms with Crippen LogP contribution in [0.15, 0.2) is 109 Å². The van der Waals surface area contributed by atoms with Crippen molar-refractivity contribution in [1.29, 1.82) is 0 Å². The molecule has 0 aromatic heterocycles. The SMILES string of the molecule is CCCC1CCC(c2ccc(-c3ccc4c(c3)C(c3cccc5ccc(-c6ccc(C7CCC(CCC)CC7)cc6)cc35)C(O)(O)C=C4)cc2)CC1. The summed E-state index contributed by atoms with van der Waals surface area (Å²) in [4.78, 5) is 0. The average molecular weight is 689 g/mol. The molecule has 3 aliphatic carbocycles. The van der Waals surface area contributed by atoms with Gasteiger partial charge in [0.1, 0.15) is 0 Å². The Morgan fingerprint density at radius 1 is 0.538 bits per heavy atom. The van der Waals surface area contributed by atoms with E-state index in [1.807, 2.05) is 12.1 Å². The van der Waals surface area contributed by atoms with Gasteiger partial charge in [0.15, 0.2) is 5.79 Å². The highest BCUT2D eigenvalue weighted by atomic mass is 16.5. The van der Waals surface area contributed by atoms with Crippen molar-refractivity contribution >= 4 is 16.8 Å². The van der Waals surface area contributed by atoms with Gasteiger partial charge in [-0.05, 0) is 154 Å². The van der Waals surface area contributed by atoms with Crippen molar-refractivity contribution < 1.29 is 10.2 Å². The third-order valence-corrected chi connectivity index (χ3v) is 13.1. The smallest absolute Gasteiger partial charge is 0.194 e. The van der Waals surface area contributed by atoms with Crippen LogP contribution in [0.5, 0.6) is 0 Å². The molecule has 52 heavy (non-hydrogen) atoms. The van der Waals surface area contributed by atoms with Gasteiger partial charge in [-0.15, -0.1) is 0 Å². The molecule has 5 aromatic rings.